The number of esters is 1. The maximum atomic E-state index is 12.3. The molecule has 6 heteroatoms. The number of methoxy groups -OCH3 is 1. The highest BCUT2D eigenvalue weighted by atomic mass is 16.6. The molecule has 0 bridgehead atoms. The fourth-order valence-electron chi connectivity index (χ4n) is 2.43. The van der Waals surface area contributed by atoms with E-state index in [1.54, 1.807) is 10.9 Å². The number of rotatable bonds is 7. The smallest absolute Gasteiger partial charge is 0.362 e. The third-order valence-electron chi connectivity index (χ3n) is 3.78. The number of carbonyl (C=O) groups excluding carboxylic acids is 1. The van der Waals surface area contributed by atoms with E-state index in [2.05, 4.69) is 5.10 Å². The summed E-state index contributed by atoms with van der Waals surface area (Å²) in [6.07, 6.45) is 1.65. The summed E-state index contributed by atoms with van der Waals surface area (Å²) in [6.45, 7) is 2.34. The summed E-state index contributed by atoms with van der Waals surface area (Å²) in [5.74, 6) is 0.582. The number of hydrogen-bond donors (Lipinski definition) is 0. The predicted octanol–water partition coefficient (Wildman–Crippen LogP) is 3.43. The van der Waals surface area contributed by atoms with E-state index in [0.29, 0.717) is 5.75 Å². The fraction of sp³-hybridized carbons (Fsp3) is 0.200. The number of benzene rings is 2. The van der Waals surface area contributed by atoms with Crippen molar-refractivity contribution in [1.82, 2.24) is 9.78 Å². The number of carbonyl (C=O) groups is 1. The lowest BCUT2D eigenvalue weighted by Gasteiger charge is -2.09. The summed E-state index contributed by atoms with van der Waals surface area (Å²) in [4.78, 5) is 12.3. The first-order valence-corrected chi connectivity index (χ1v) is 8.23. The minimum atomic E-state index is -0.551. The van der Waals surface area contributed by atoms with E-state index >= 15 is 0 Å². The SMILES string of the molecule is COc1cn(-c2ccccc2)nc1C(=O)OCCOc1ccccc1C. The summed E-state index contributed by atoms with van der Waals surface area (Å²) in [5.41, 5.74) is 1.99. The van der Waals surface area contributed by atoms with E-state index in [0.717, 1.165) is 17.0 Å². The van der Waals surface area contributed by atoms with Crippen molar-refractivity contribution in [3.63, 3.8) is 0 Å². The lowest BCUT2D eigenvalue weighted by molar-refractivity contribution is 0.0439. The zero-order valence-electron chi connectivity index (χ0n) is 14.7. The Morgan fingerprint density at radius 2 is 1.73 bits per heavy atom. The molecular formula is C20H20N2O4. The van der Waals surface area contributed by atoms with Crippen LogP contribution in [0.1, 0.15) is 16.1 Å². The second-order valence-electron chi connectivity index (χ2n) is 5.58. The number of aromatic nitrogens is 2. The average Bonchev–Trinajstić information content (AvgIpc) is 3.12. The summed E-state index contributed by atoms with van der Waals surface area (Å²) >= 11 is 0. The van der Waals surface area contributed by atoms with Gasteiger partial charge in [-0.15, -0.1) is 0 Å². The summed E-state index contributed by atoms with van der Waals surface area (Å²) < 4.78 is 17.7. The predicted molar refractivity (Wildman–Crippen MR) is 97.1 cm³/mol. The van der Waals surface area contributed by atoms with Crippen LogP contribution in [0.15, 0.2) is 60.8 Å². The third kappa shape index (κ3) is 4.03. The Balaban J connectivity index is 1.61. The lowest BCUT2D eigenvalue weighted by Crippen LogP contribution is -2.14. The monoisotopic (exact) mass is 352 g/mol. The van der Waals surface area contributed by atoms with Crippen LogP contribution in [0.2, 0.25) is 0 Å². The Morgan fingerprint density at radius 3 is 2.46 bits per heavy atom. The first-order valence-electron chi connectivity index (χ1n) is 8.23. The summed E-state index contributed by atoms with van der Waals surface area (Å²) in [5, 5.41) is 4.28. The quantitative estimate of drug-likeness (QED) is 0.482. The van der Waals surface area contributed by atoms with Gasteiger partial charge in [-0.1, -0.05) is 36.4 Å². The number of hydrogen-bond acceptors (Lipinski definition) is 5. The summed E-state index contributed by atoms with van der Waals surface area (Å²) in [7, 11) is 1.49. The molecule has 6 nitrogen and oxygen atoms in total. The highest BCUT2D eigenvalue weighted by Gasteiger charge is 2.19. The Hall–Kier alpha value is -3.28. The van der Waals surface area contributed by atoms with Gasteiger partial charge < -0.3 is 14.2 Å². The highest BCUT2D eigenvalue weighted by Crippen LogP contribution is 2.20. The first-order chi connectivity index (χ1) is 12.7. The maximum Gasteiger partial charge on any atom is 0.362 e. The fourth-order valence-corrected chi connectivity index (χ4v) is 2.43. The molecule has 0 amide bonds. The van der Waals surface area contributed by atoms with Gasteiger partial charge in [-0.05, 0) is 30.7 Å². The molecule has 0 radical (unpaired) electrons. The molecule has 0 aliphatic heterocycles. The molecule has 1 heterocycles. The largest absolute Gasteiger partial charge is 0.493 e. The van der Waals surface area contributed by atoms with Crippen molar-refractivity contribution in [2.24, 2.45) is 0 Å². The molecule has 0 N–H and O–H groups in total. The van der Waals surface area contributed by atoms with Crippen molar-refractivity contribution in [2.45, 2.75) is 6.92 Å². The van der Waals surface area contributed by atoms with E-state index in [1.807, 2.05) is 61.5 Å². The Labute approximate surface area is 151 Å². The molecule has 1 aromatic heterocycles. The van der Waals surface area contributed by atoms with Crippen LogP contribution in [-0.2, 0) is 4.74 Å². The Bertz CT molecular complexity index is 875. The Kier molecular flexibility index (Phi) is 5.53. The van der Waals surface area contributed by atoms with Gasteiger partial charge in [-0.25, -0.2) is 9.48 Å². The van der Waals surface area contributed by atoms with Gasteiger partial charge in [0.25, 0.3) is 0 Å². The molecule has 0 aliphatic rings. The molecule has 3 rings (SSSR count). The van der Waals surface area contributed by atoms with Crippen molar-refractivity contribution in [1.29, 1.82) is 0 Å². The average molecular weight is 352 g/mol. The van der Waals surface area contributed by atoms with Gasteiger partial charge in [0.05, 0.1) is 19.0 Å². The summed E-state index contributed by atoms with van der Waals surface area (Å²) in [6, 6.07) is 17.1. The van der Waals surface area contributed by atoms with Crippen molar-refractivity contribution < 1.29 is 19.0 Å². The molecule has 0 atom stereocenters. The standard InChI is InChI=1S/C20H20N2O4/c1-15-8-6-7-11-17(15)25-12-13-26-20(23)19-18(24-2)14-22(21-19)16-9-4-3-5-10-16/h3-11,14H,12-13H2,1-2H3. The molecular weight excluding hydrogens is 332 g/mol. The molecule has 0 aliphatic carbocycles. The van der Waals surface area contributed by atoms with Gasteiger partial charge in [0.15, 0.2) is 5.75 Å². The second-order valence-corrected chi connectivity index (χ2v) is 5.58. The van der Waals surface area contributed by atoms with E-state index in [9.17, 15) is 4.79 Å². The zero-order chi connectivity index (χ0) is 18.4. The minimum Gasteiger partial charge on any atom is -0.493 e. The molecule has 0 saturated carbocycles. The van der Waals surface area contributed by atoms with Crippen molar-refractivity contribution in [3.8, 4) is 17.2 Å². The van der Waals surface area contributed by atoms with Gasteiger partial charge in [0, 0.05) is 0 Å². The number of nitrogens with zero attached hydrogens (tertiary/aromatic N) is 2. The van der Waals surface area contributed by atoms with Crippen LogP contribution in [0, 0.1) is 6.92 Å². The minimum absolute atomic E-state index is 0.120. The first kappa shape index (κ1) is 17.5. The van der Waals surface area contributed by atoms with E-state index in [1.165, 1.54) is 7.11 Å². The van der Waals surface area contributed by atoms with Crippen LogP contribution in [0.3, 0.4) is 0 Å². The maximum absolute atomic E-state index is 12.3. The third-order valence-corrected chi connectivity index (χ3v) is 3.78. The van der Waals surface area contributed by atoms with Crippen molar-refractivity contribution in [2.75, 3.05) is 20.3 Å². The topological polar surface area (TPSA) is 62.6 Å². The molecule has 0 spiro atoms. The Morgan fingerprint density at radius 1 is 1.00 bits per heavy atom. The van der Waals surface area contributed by atoms with Gasteiger partial charge in [0.2, 0.25) is 5.69 Å². The lowest BCUT2D eigenvalue weighted by atomic mass is 10.2. The van der Waals surface area contributed by atoms with Gasteiger partial charge in [-0.2, -0.15) is 5.10 Å². The normalized spacial score (nSPS) is 10.4. The molecule has 26 heavy (non-hydrogen) atoms. The molecule has 134 valence electrons. The van der Waals surface area contributed by atoms with E-state index < -0.39 is 5.97 Å². The molecule has 0 unspecified atom stereocenters. The number of ether oxygens (including phenoxy) is 3. The van der Waals surface area contributed by atoms with Gasteiger partial charge in [-0.3, -0.25) is 0 Å². The van der Waals surface area contributed by atoms with Crippen molar-refractivity contribution >= 4 is 5.97 Å². The van der Waals surface area contributed by atoms with Crippen molar-refractivity contribution in [3.05, 3.63) is 72.1 Å². The second kappa shape index (κ2) is 8.20. The molecule has 0 fully saturated rings. The van der Waals surface area contributed by atoms with Gasteiger partial charge >= 0.3 is 5.97 Å². The molecule has 3 aromatic rings. The number of aryl methyl sites for hydroxylation is 1. The number of para-hydroxylation sites is 2. The van der Waals surface area contributed by atoms with Crippen LogP contribution in [-0.4, -0.2) is 36.1 Å². The van der Waals surface area contributed by atoms with E-state index in [4.69, 9.17) is 14.2 Å². The van der Waals surface area contributed by atoms with Crippen LogP contribution in [0.4, 0.5) is 0 Å². The molecule has 0 saturated heterocycles. The highest BCUT2D eigenvalue weighted by molar-refractivity contribution is 5.90. The van der Waals surface area contributed by atoms with Crippen LogP contribution >= 0.6 is 0 Å². The van der Waals surface area contributed by atoms with Crippen LogP contribution in [0.25, 0.3) is 5.69 Å². The zero-order valence-corrected chi connectivity index (χ0v) is 14.7. The van der Waals surface area contributed by atoms with Gasteiger partial charge in [0.1, 0.15) is 19.0 Å². The van der Waals surface area contributed by atoms with E-state index in [-0.39, 0.29) is 18.9 Å². The molecule has 2 aromatic carbocycles. The van der Waals surface area contributed by atoms with Crippen LogP contribution in [0.5, 0.6) is 11.5 Å². The van der Waals surface area contributed by atoms with Crippen LogP contribution < -0.4 is 9.47 Å².